The molecule has 1 N–H and O–H groups in total. The summed E-state index contributed by atoms with van der Waals surface area (Å²) in [6, 6.07) is 11.3. The molecule has 0 radical (unpaired) electrons. The number of carbonyl (C=O) groups is 4. The van der Waals surface area contributed by atoms with Crippen LogP contribution in [-0.2, 0) is 19.1 Å². The maximum atomic E-state index is 12.9. The van der Waals surface area contributed by atoms with Gasteiger partial charge in [-0.3, -0.25) is 19.3 Å². The highest BCUT2D eigenvalue weighted by molar-refractivity contribution is 6.22. The molecule has 7 nitrogen and oxygen atoms in total. The van der Waals surface area contributed by atoms with Crippen molar-refractivity contribution in [1.82, 2.24) is 0 Å². The summed E-state index contributed by atoms with van der Waals surface area (Å²) in [6.07, 6.45) is 3.27. The first-order chi connectivity index (χ1) is 14.9. The van der Waals surface area contributed by atoms with Crippen LogP contribution < -0.4 is 10.2 Å². The van der Waals surface area contributed by atoms with Crippen LogP contribution in [0.2, 0.25) is 0 Å². The Bertz CT molecular complexity index is 1010. The molecule has 1 heterocycles. The fourth-order valence-electron chi connectivity index (χ4n) is 4.13. The van der Waals surface area contributed by atoms with Gasteiger partial charge < -0.3 is 10.1 Å². The predicted octanol–water partition coefficient (Wildman–Crippen LogP) is 3.30. The van der Waals surface area contributed by atoms with Crippen molar-refractivity contribution in [3.8, 4) is 0 Å². The van der Waals surface area contributed by atoms with Crippen molar-refractivity contribution >= 4 is 35.1 Å². The Morgan fingerprint density at radius 3 is 2.29 bits per heavy atom. The minimum absolute atomic E-state index is 0.127. The first kappa shape index (κ1) is 20.7. The second kappa shape index (κ2) is 8.67. The number of fused-ring (bicyclic) bond motifs is 1. The lowest BCUT2D eigenvalue weighted by Gasteiger charge is -2.19. The normalized spacial score (nSPS) is 20.4. The molecule has 1 aliphatic heterocycles. The van der Waals surface area contributed by atoms with E-state index < -0.39 is 24.3 Å². The van der Waals surface area contributed by atoms with Crippen LogP contribution in [0.5, 0.6) is 0 Å². The Labute approximate surface area is 178 Å². The zero-order valence-electron chi connectivity index (χ0n) is 16.7. The number of halogens is 1. The van der Waals surface area contributed by atoms with E-state index in [4.69, 9.17) is 4.74 Å². The number of hydrogen-bond donors (Lipinski definition) is 1. The number of nitrogens with zero attached hydrogens (tertiary/aromatic N) is 1. The lowest BCUT2D eigenvalue weighted by Crippen LogP contribution is -2.31. The van der Waals surface area contributed by atoms with E-state index in [0.717, 1.165) is 12.8 Å². The third-order valence-corrected chi connectivity index (χ3v) is 5.64. The Morgan fingerprint density at radius 1 is 1.00 bits per heavy atom. The van der Waals surface area contributed by atoms with Crippen molar-refractivity contribution in [1.29, 1.82) is 0 Å². The standard InChI is InChI=1S/C23H21FN2O5/c24-15-8-10-16(11-9-15)25-20(27)13-31-23(30)14-4-3-5-17(12-14)26-21(28)18-6-1-2-7-19(18)22(26)29/h3-5,8-12,18-19H,1-2,6-7,13H2,(H,25,27)/t18-,19-/m0/s1. The Hall–Kier alpha value is -3.55. The van der Waals surface area contributed by atoms with Gasteiger partial charge in [-0.1, -0.05) is 18.9 Å². The number of amides is 3. The van der Waals surface area contributed by atoms with Crippen molar-refractivity contribution < 1.29 is 28.3 Å². The van der Waals surface area contributed by atoms with E-state index >= 15 is 0 Å². The molecule has 2 aromatic rings. The smallest absolute Gasteiger partial charge is 0.338 e. The van der Waals surface area contributed by atoms with E-state index in [-0.39, 0.29) is 29.2 Å². The third-order valence-electron chi connectivity index (χ3n) is 5.64. The maximum Gasteiger partial charge on any atom is 0.338 e. The molecule has 160 valence electrons. The summed E-state index contributed by atoms with van der Waals surface area (Å²) in [6.45, 7) is -0.536. The molecule has 2 fully saturated rings. The van der Waals surface area contributed by atoms with Crippen LogP contribution in [0.1, 0.15) is 36.0 Å². The van der Waals surface area contributed by atoms with Crippen molar-refractivity contribution in [3.63, 3.8) is 0 Å². The quantitative estimate of drug-likeness (QED) is 0.587. The average molecular weight is 424 g/mol. The molecule has 2 aromatic carbocycles. The fourth-order valence-corrected chi connectivity index (χ4v) is 4.13. The molecule has 1 saturated heterocycles. The lowest BCUT2D eigenvalue weighted by molar-refractivity contribution is -0.122. The van der Waals surface area contributed by atoms with Crippen LogP contribution in [0.25, 0.3) is 0 Å². The molecule has 2 aliphatic rings. The summed E-state index contributed by atoms with van der Waals surface area (Å²) in [7, 11) is 0. The number of benzene rings is 2. The second-order valence-corrected chi connectivity index (χ2v) is 7.69. The van der Waals surface area contributed by atoms with Gasteiger partial charge >= 0.3 is 5.97 Å². The van der Waals surface area contributed by atoms with Gasteiger partial charge in [-0.05, 0) is 55.3 Å². The molecular weight excluding hydrogens is 403 g/mol. The van der Waals surface area contributed by atoms with Gasteiger partial charge in [-0.15, -0.1) is 0 Å². The molecule has 0 spiro atoms. The molecule has 2 atom stereocenters. The van der Waals surface area contributed by atoms with Crippen LogP contribution in [-0.4, -0.2) is 30.3 Å². The summed E-state index contributed by atoms with van der Waals surface area (Å²) < 4.78 is 18.0. The van der Waals surface area contributed by atoms with E-state index in [2.05, 4.69) is 5.32 Å². The first-order valence-corrected chi connectivity index (χ1v) is 10.1. The molecule has 8 heteroatoms. The Kier molecular flexibility index (Phi) is 5.79. The van der Waals surface area contributed by atoms with E-state index in [1.165, 1.54) is 41.3 Å². The topological polar surface area (TPSA) is 92.8 Å². The number of imide groups is 1. The molecule has 4 rings (SSSR count). The van der Waals surface area contributed by atoms with Gasteiger partial charge in [-0.25, -0.2) is 9.18 Å². The molecule has 31 heavy (non-hydrogen) atoms. The van der Waals surface area contributed by atoms with Gasteiger partial charge in [-0.2, -0.15) is 0 Å². The fraction of sp³-hybridized carbons (Fsp3) is 0.304. The highest BCUT2D eigenvalue weighted by atomic mass is 19.1. The van der Waals surface area contributed by atoms with Gasteiger partial charge in [0, 0.05) is 5.69 Å². The Balaban J connectivity index is 1.40. The number of hydrogen-bond acceptors (Lipinski definition) is 5. The summed E-state index contributed by atoms with van der Waals surface area (Å²) in [5.41, 5.74) is 0.828. The summed E-state index contributed by atoms with van der Waals surface area (Å²) in [4.78, 5) is 51.0. The maximum absolute atomic E-state index is 12.9. The van der Waals surface area contributed by atoms with Gasteiger partial charge in [0.1, 0.15) is 5.82 Å². The van der Waals surface area contributed by atoms with Crippen molar-refractivity contribution in [3.05, 3.63) is 59.9 Å². The zero-order chi connectivity index (χ0) is 22.0. The van der Waals surface area contributed by atoms with Crippen molar-refractivity contribution in [2.75, 3.05) is 16.8 Å². The number of rotatable bonds is 5. The number of ether oxygens (including phenoxy) is 1. The zero-order valence-corrected chi connectivity index (χ0v) is 16.7. The molecular formula is C23H21FN2O5. The molecule has 0 bridgehead atoms. The van der Waals surface area contributed by atoms with E-state index in [1.54, 1.807) is 12.1 Å². The van der Waals surface area contributed by atoms with Gasteiger partial charge in [0.05, 0.1) is 23.1 Å². The number of anilines is 2. The van der Waals surface area contributed by atoms with Gasteiger partial charge in [0.25, 0.3) is 5.91 Å². The van der Waals surface area contributed by atoms with Crippen LogP contribution in [0, 0.1) is 17.7 Å². The highest BCUT2D eigenvalue weighted by Crippen LogP contribution is 2.40. The van der Waals surface area contributed by atoms with Crippen LogP contribution >= 0.6 is 0 Å². The van der Waals surface area contributed by atoms with Crippen molar-refractivity contribution in [2.24, 2.45) is 11.8 Å². The molecule has 0 aromatic heterocycles. The van der Waals surface area contributed by atoms with E-state index in [1.807, 2.05) is 0 Å². The largest absolute Gasteiger partial charge is 0.452 e. The summed E-state index contributed by atoms with van der Waals surface area (Å²) >= 11 is 0. The van der Waals surface area contributed by atoms with Gasteiger partial charge in [0.2, 0.25) is 11.8 Å². The molecule has 3 amide bonds. The van der Waals surface area contributed by atoms with Crippen LogP contribution in [0.3, 0.4) is 0 Å². The monoisotopic (exact) mass is 424 g/mol. The summed E-state index contributed by atoms with van der Waals surface area (Å²) in [5.74, 6) is -2.78. The molecule has 1 saturated carbocycles. The first-order valence-electron chi connectivity index (χ1n) is 10.1. The minimum atomic E-state index is -0.757. The predicted molar refractivity (Wildman–Crippen MR) is 110 cm³/mol. The third kappa shape index (κ3) is 4.33. The van der Waals surface area contributed by atoms with Crippen LogP contribution in [0.15, 0.2) is 48.5 Å². The second-order valence-electron chi connectivity index (χ2n) is 7.69. The van der Waals surface area contributed by atoms with Gasteiger partial charge in [0.15, 0.2) is 6.61 Å². The van der Waals surface area contributed by atoms with Crippen molar-refractivity contribution in [2.45, 2.75) is 25.7 Å². The average Bonchev–Trinajstić information content (AvgIpc) is 3.04. The van der Waals surface area contributed by atoms with E-state index in [0.29, 0.717) is 24.2 Å². The SMILES string of the molecule is O=C(COC(=O)c1cccc(N2C(=O)[C@H]3CCCC[C@@H]3C2=O)c1)Nc1ccc(F)cc1. The summed E-state index contributed by atoms with van der Waals surface area (Å²) in [5, 5.41) is 2.49. The lowest BCUT2D eigenvalue weighted by atomic mass is 9.81. The van der Waals surface area contributed by atoms with Crippen LogP contribution in [0.4, 0.5) is 15.8 Å². The minimum Gasteiger partial charge on any atom is -0.452 e. The number of nitrogens with one attached hydrogen (secondary N) is 1. The number of carbonyl (C=O) groups excluding carboxylic acids is 4. The van der Waals surface area contributed by atoms with E-state index in [9.17, 15) is 23.6 Å². The molecule has 0 unspecified atom stereocenters. The highest BCUT2D eigenvalue weighted by Gasteiger charge is 2.48. The Morgan fingerprint density at radius 2 is 1.65 bits per heavy atom. The molecule has 1 aliphatic carbocycles. The number of esters is 1.